The minimum atomic E-state index is 0.0878. The lowest BCUT2D eigenvalue weighted by molar-refractivity contribution is 0.395. The minimum absolute atomic E-state index is 0.0878. The molecule has 2 heterocycles. The van der Waals surface area contributed by atoms with Gasteiger partial charge in [0.05, 0.1) is 11.7 Å². The van der Waals surface area contributed by atoms with Gasteiger partial charge in [0, 0.05) is 5.56 Å². The SMILES string of the molecule is O=c1[nH]c(C2CCCCN2)nc2c1CCC2. The van der Waals surface area contributed by atoms with E-state index in [4.69, 9.17) is 0 Å². The third-order valence-electron chi connectivity index (χ3n) is 3.60. The van der Waals surface area contributed by atoms with Crippen LogP contribution in [0.25, 0.3) is 0 Å². The molecule has 0 saturated carbocycles. The molecule has 1 aliphatic carbocycles. The average molecular weight is 219 g/mol. The van der Waals surface area contributed by atoms with Crippen LogP contribution in [0.5, 0.6) is 0 Å². The molecule has 0 amide bonds. The number of aromatic amines is 1. The zero-order valence-electron chi connectivity index (χ0n) is 9.38. The number of hydrogen-bond donors (Lipinski definition) is 2. The summed E-state index contributed by atoms with van der Waals surface area (Å²) in [6.07, 6.45) is 6.48. The molecule has 4 heteroatoms. The van der Waals surface area contributed by atoms with Gasteiger partial charge in [0.1, 0.15) is 5.82 Å². The number of fused-ring (bicyclic) bond motifs is 1. The van der Waals surface area contributed by atoms with Gasteiger partial charge in [-0.2, -0.15) is 0 Å². The first-order valence-corrected chi connectivity index (χ1v) is 6.20. The maximum absolute atomic E-state index is 11.9. The van der Waals surface area contributed by atoms with Crippen LogP contribution in [-0.2, 0) is 12.8 Å². The summed E-state index contributed by atoms with van der Waals surface area (Å²) < 4.78 is 0. The highest BCUT2D eigenvalue weighted by Gasteiger charge is 2.22. The molecule has 1 atom stereocenters. The summed E-state index contributed by atoms with van der Waals surface area (Å²) in [6.45, 7) is 1.03. The van der Waals surface area contributed by atoms with Crippen LogP contribution in [-0.4, -0.2) is 16.5 Å². The van der Waals surface area contributed by atoms with Crippen molar-refractivity contribution in [2.24, 2.45) is 0 Å². The van der Waals surface area contributed by atoms with Crippen molar-refractivity contribution in [2.75, 3.05) is 6.54 Å². The number of hydrogen-bond acceptors (Lipinski definition) is 3. The van der Waals surface area contributed by atoms with Crippen molar-refractivity contribution in [3.8, 4) is 0 Å². The summed E-state index contributed by atoms with van der Waals surface area (Å²) in [6, 6.07) is 0.257. The summed E-state index contributed by atoms with van der Waals surface area (Å²) >= 11 is 0. The standard InChI is InChI=1S/C12H17N3O/c16-12-8-4-3-6-9(8)14-11(15-12)10-5-1-2-7-13-10/h10,13H,1-7H2,(H,14,15,16). The number of piperidine rings is 1. The number of rotatable bonds is 1. The van der Waals surface area contributed by atoms with E-state index < -0.39 is 0 Å². The van der Waals surface area contributed by atoms with Crippen LogP contribution >= 0.6 is 0 Å². The molecule has 86 valence electrons. The van der Waals surface area contributed by atoms with E-state index in [1.54, 1.807) is 0 Å². The van der Waals surface area contributed by atoms with Gasteiger partial charge in [-0.15, -0.1) is 0 Å². The summed E-state index contributed by atoms with van der Waals surface area (Å²) in [7, 11) is 0. The van der Waals surface area contributed by atoms with Crippen molar-refractivity contribution in [1.82, 2.24) is 15.3 Å². The second-order valence-corrected chi connectivity index (χ2v) is 4.73. The Labute approximate surface area is 94.5 Å². The summed E-state index contributed by atoms with van der Waals surface area (Å²) in [5.74, 6) is 0.852. The Morgan fingerprint density at radius 3 is 2.94 bits per heavy atom. The number of aryl methyl sites for hydroxylation is 1. The van der Waals surface area contributed by atoms with E-state index in [0.717, 1.165) is 49.3 Å². The summed E-state index contributed by atoms with van der Waals surface area (Å²) in [4.78, 5) is 19.4. The average Bonchev–Trinajstić information content (AvgIpc) is 2.79. The van der Waals surface area contributed by atoms with Crippen LogP contribution in [0.1, 0.15) is 48.8 Å². The second kappa shape index (κ2) is 4.01. The molecule has 1 fully saturated rings. The van der Waals surface area contributed by atoms with Crippen LogP contribution in [0.2, 0.25) is 0 Å². The molecule has 2 N–H and O–H groups in total. The third-order valence-corrected chi connectivity index (χ3v) is 3.60. The van der Waals surface area contributed by atoms with E-state index >= 15 is 0 Å². The molecule has 0 spiro atoms. The largest absolute Gasteiger partial charge is 0.309 e. The molecular formula is C12H17N3O. The maximum Gasteiger partial charge on any atom is 0.254 e. The lowest BCUT2D eigenvalue weighted by Crippen LogP contribution is -2.30. The van der Waals surface area contributed by atoms with Crippen molar-refractivity contribution in [3.05, 3.63) is 27.4 Å². The number of nitrogens with one attached hydrogen (secondary N) is 2. The molecule has 0 radical (unpaired) electrons. The smallest absolute Gasteiger partial charge is 0.254 e. The summed E-state index contributed by atoms with van der Waals surface area (Å²) in [5.41, 5.74) is 2.04. The van der Waals surface area contributed by atoms with Crippen LogP contribution in [0.3, 0.4) is 0 Å². The Morgan fingerprint density at radius 1 is 1.19 bits per heavy atom. The molecule has 1 aliphatic heterocycles. The highest BCUT2D eigenvalue weighted by molar-refractivity contribution is 5.23. The van der Waals surface area contributed by atoms with Crippen LogP contribution in [0.15, 0.2) is 4.79 Å². The van der Waals surface area contributed by atoms with Gasteiger partial charge in [-0.25, -0.2) is 4.98 Å². The van der Waals surface area contributed by atoms with Gasteiger partial charge >= 0.3 is 0 Å². The molecule has 0 bridgehead atoms. The van der Waals surface area contributed by atoms with Crippen LogP contribution in [0, 0.1) is 0 Å². The number of aromatic nitrogens is 2. The van der Waals surface area contributed by atoms with E-state index in [1.165, 1.54) is 12.8 Å². The second-order valence-electron chi connectivity index (χ2n) is 4.73. The fraction of sp³-hybridized carbons (Fsp3) is 0.667. The quantitative estimate of drug-likeness (QED) is 0.743. The predicted octanol–water partition coefficient (Wildman–Crippen LogP) is 1.07. The van der Waals surface area contributed by atoms with Crippen molar-refractivity contribution in [1.29, 1.82) is 0 Å². The fourth-order valence-corrected chi connectivity index (χ4v) is 2.71. The van der Waals surface area contributed by atoms with Gasteiger partial charge in [-0.05, 0) is 38.6 Å². The topological polar surface area (TPSA) is 57.8 Å². The minimum Gasteiger partial charge on any atom is -0.309 e. The Kier molecular flexibility index (Phi) is 2.52. The molecule has 16 heavy (non-hydrogen) atoms. The molecule has 1 saturated heterocycles. The first kappa shape index (κ1) is 10.0. The first-order chi connectivity index (χ1) is 7.84. The zero-order chi connectivity index (χ0) is 11.0. The van der Waals surface area contributed by atoms with Crippen molar-refractivity contribution < 1.29 is 0 Å². The van der Waals surface area contributed by atoms with Gasteiger partial charge in [0.2, 0.25) is 0 Å². The Bertz CT molecular complexity index is 446. The number of H-pyrrole nitrogens is 1. The fourth-order valence-electron chi connectivity index (χ4n) is 2.71. The van der Waals surface area contributed by atoms with E-state index in [0.29, 0.717) is 0 Å². The Balaban J connectivity index is 1.96. The Morgan fingerprint density at radius 2 is 2.12 bits per heavy atom. The van der Waals surface area contributed by atoms with Crippen LogP contribution in [0.4, 0.5) is 0 Å². The molecule has 3 rings (SSSR count). The first-order valence-electron chi connectivity index (χ1n) is 6.20. The maximum atomic E-state index is 11.9. The third kappa shape index (κ3) is 1.67. The molecule has 1 aromatic rings. The zero-order valence-corrected chi connectivity index (χ0v) is 9.38. The number of nitrogens with zero attached hydrogens (tertiary/aromatic N) is 1. The van der Waals surface area contributed by atoms with E-state index in [-0.39, 0.29) is 11.6 Å². The van der Waals surface area contributed by atoms with E-state index in [9.17, 15) is 4.79 Å². The molecule has 4 nitrogen and oxygen atoms in total. The van der Waals surface area contributed by atoms with E-state index in [2.05, 4.69) is 15.3 Å². The molecular weight excluding hydrogens is 202 g/mol. The Hall–Kier alpha value is -1.16. The van der Waals surface area contributed by atoms with E-state index in [1.807, 2.05) is 0 Å². The van der Waals surface area contributed by atoms with Crippen molar-refractivity contribution >= 4 is 0 Å². The van der Waals surface area contributed by atoms with Crippen molar-refractivity contribution in [3.63, 3.8) is 0 Å². The highest BCUT2D eigenvalue weighted by atomic mass is 16.1. The monoisotopic (exact) mass is 219 g/mol. The normalized spacial score (nSPS) is 24.4. The van der Waals surface area contributed by atoms with Gasteiger partial charge in [0.15, 0.2) is 0 Å². The molecule has 1 aromatic heterocycles. The molecule has 1 unspecified atom stereocenters. The van der Waals surface area contributed by atoms with Gasteiger partial charge < -0.3 is 10.3 Å². The van der Waals surface area contributed by atoms with Gasteiger partial charge in [-0.1, -0.05) is 6.42 Å². The van der Waals surface area contributed by atoms with Crippen LogP contribution < -0.4 is 10.9 Å². The van der Waals surface area contributed by atoms with Gasteiger partial charge in [-0.3, -0.25) is 4.79 Å². The summed E-state index contributed by atoms with van der Waals surface area (Å²) in [5, 5.41) is 3.42. The van der Waals surface area contributed by atoms with Gasteiger partial charge in [0.25, 0.3) is 5.56 Å². The highest BCUT2D eigenvalue weighted by Crippen LogP contribution is 2.22. The molecule has 0 aromatic carbocycles. The lowest BCUT2D eigenvalue weighted by atomic mass is 10.0. The lowest BCUT2D eigenvalue weighted by Gasteiger charge is -2.22. The van der Waals surface area contributed by atoms with Crippen molar-refractivity contribution in [2.45, 2.75) is 44.6 Å². The molecule has 2 aliphatic rings. The predicted molar refractivity (Wildman–Crippen MR) is 61.5 cm³/mol.